The summed E-state index contributed by atoms with van der Waals surface area (Å²) in [7, 11) is 0. The molecule has 5 heteroatoms. The van der Waals surface area contributed by atoms with Crippen LogP contribution in [0.2, 0.25) is 0 Å². The minimum Gasteiger partial charge on any atom is -0.341 e. The molecule has 0 radical (unpaired) electrons. The highest BCUT2D eigenvalue weighted by Crippen LogP contribution is 2.28. The Bertz CT molecular complexity index is 656. The fraction of sp³-hybridized carbons (Fsp3) is 0.214. The fourth-order valence-corrected chi connectivity index (χ4v) is 3.80. The van der Waals surface area contributed by atoms with Gasteiger partial charge < -0.3 is 10.3 Å². The molecule has 3 rings (SSSR count). The van der Waals surface area contributed by atoms with Gasteiger partial charge in [-0.2, -0.15) is 0 Å². The van der Waals surface area contributed by atoms with E-state index < -0.39 is 0 Å². The number of rotatable bonds is 4. The predicted molar refractivity (Wildman–Crippen MR) is 83.4 cm³/mol. The Morgan fingerprint density at radius 3 is 2.95 bits per heavy atom. The molecular weight excluding hydrogens is 322 g/mol. The van der Waals surface area contributed by atoms with E-state index in [9.17, 15) is 0 Å². The Morgan fingerprint density at radius 2 is 2.21 bits per heavy atom. The number of hydrogen-bond donors (Lipinski definition) is 2. The van der Waals surface area contributed by atoms with Crippen molar-refractivity contribution in [2.24, 2.45) is 0 Å². The third-order valence-electron chi connectivity index (χ3n) is 3.05. The number of fused-ring (bicyclic) bond motifs is 1. The van der Waals surface area contributed by atoms with Gasteiger partial charge in [0.15, 0.2) is 0 Å². The first-order valence-electron chi connectivity index (χ1n) is 6.14. The summed E-state index contributed by atoms with van der Waals surface area (Å²) in [6, 6.07) is 10.5. The van der Waals surface area contributed by atoms with Gasteiger partial charge in [0, 0.05) is 15.4 Å². The Labute approximate surface area is 124 Å². The Morgan fingerprint density at radius 1 is 1.37 bits per heavy atom. The van der Waals surface area contributed by atoms with Gasteiger partial charge >= 0.3 is 0 Å². The highest BCUT2D eigenvalue weighted by Gasteiger charge is 2.11. The van der Waals surface area contributed by atoms with Crippen LogP contribution in [0.3, 0.4) is 0 Å². The van der Waals surface area contributed by atoms with E-state index in [1.165, 1.54) is 9.35 Å². The maximum Gasteiger partial charge on any atom is 0.121 e. The standard InChI is InChI=1S/C14H14BrN3S/c1-9(14-10(15)6-7-19-14)16-8-13-17-11-4-2-3-5-12(11)18-13/h2-7,9,16H,8H2,1H3,(H,17,18). The number of halogens is 1. The molecule has 98 valence electrons. The van der Waals surface area contributed by atoms with E-state index >= 15 is 0 Å². The van der Waals surface area contributed by atoms with Gasteiger partial charge in [0.25, 0.3) is 0 Å². The molecule has 0 fully saturated rings. The third-order valence-corrected chi connectivity index (χ3v) is 5.11. The molecule has 0 saturated heterocycles. The zero-order chi connectivity index (χ0) is 13.2. The number of nitrogens with zero attached hydrogens (tertiary/aromatic N) is 1. The van der Waals surface area contributed by atoms with Crippen molar-refractivity contribution in [2.75, 3.05) is 0 Å². The molecule has 1 unspecified atom stereocenters. The van der Waals surface area contributed by atoms with E-state index in [1.807, 2.05) is 24.3 Å². The Hall–Kier alpha value is -1.17. The number of aromatic nitrogens is 2. The summed E-state index contributed by atoms with van der Waals surface area (Å²) in [5, 5.41) is 5.59. The smallest absolute Gasteiger partial charge is 0.121 e. The zero-order valence-electron chi connectivity index (χ0n) is 10.5. The lowest BCUT2D eigenvalue weighted by molar-refractivity contribution is 0.569. The average molecular weight is 336 g/mol. The second-order valence-corrected chi connectivity index (χ2v) is 6.24. The number of nitrogens with one attached hydrogen (secondary N) is 2. The van der Waals surface area contributed by atoms with E-state index in [0.29, 0.717) is 6.04 Å². The van der Waals surface area contributed by atoms with Crippen LogP contribution in [0.5, 0.6) is 0 Å². The SMILES string of the molecule is CC(NCc1nc2ccccc2[nH]1)c1sccc1Br. The first-order chi connectivity index (χ1) is 9.24. The first kappa shape index (κ1) is 12.8. The van der Waals surface area contributed by atoms with Crippen LogP contribution in [0, 0.1) is 0 Å². The molecule has 0 spiro atoms. The Kier molecular flexibility index (Phi) is 3.68. The summed E-state index contributed by atoms with van der Waals surface area (Å²) in [6.07, 6.45) is 0. The molecule has 2 N–H and O–H groups in total. The van der Waals surface area contributed by atoms with Gasteiger partial charge in [-0.05, 0) is 46.4 Å². The van der Waals surface area contributed by atoms with Gasteiger partial charge in [0.2, 0.25) is 0 Å². The second-order valence-electron chi connectivity index (χ2n) is 4.44. The van der Waals surface area contributed by atoms with Crippen LogP contribution < -0.4 is 5.32 Å². The van der Waals surface area contributed by atoms with Gasteiger partial charge in [-0.25, -0.2) is 4.98 Å². The quantitative estimate of drug-likeness (QED) is 0.748. The molecule has 0 aliphatic carbocycles. The number of H-pyrrole nitrogens is 1. The lowest BCUT2D eigenvalue weighted by atomic mass is 10.3. The number of benzene rings is 1. The maximum atomic E-state index is 4.56. The van der Waals surface area contributed by atoms with Crippen LogP contribution in [-0.2, 0) is 6.54 Å². The lowest BCUT2D eigenvalue weighted by Gasteiger charge is -2.11. The van der Waals surface area contributed by atoms with E-state index in [-0.39, 0.29) is 0 Å². The lowest BCUT2D eigenvalue weighted by Crippen LogP contribution is -2.18. The average Bonchev–Trinajstić information content (AvgIpc) is 3.01. The number of aromatic amines is 1. The molecule has 19 heavy (non-hydrogen) atoms. The van der Waals surface area contributed by atoms with Gasteiger partial charge in [-0.15, -0.1) is 11.3 Å². The summed E-state index contributed by atoms with van der Waals surface area (Å²) >= 11 is 5.33. The highest BCUT2D eigenvalue weighted by molar-refractivity contribution is 9.10. The van der Waals surface area contributed by atoms with Crippen molar-refractivity contribution in [2.45, 2.75) is 19.5 Å². The summed E-state index contributed by atoms with van der Waals surface area (Å²) in [6.45, 7) is 2.90. The van der Waals surface area contributed by atoms with Crippen molar-refractivity contribution in [1.82, 2.24) is 15.3 Å². The summed E-state index contributed by atoms with van der Waals surface area (Å²) in [4.78, 5) is 9.21. The number of imidazole rings is 1. The molecule has 1 atom stereocenters. The first-order valence-corrected chi connectivity index (χ1v) is 7.81. The van der Waals surface area contributed by atoms with Crippen LogP contribution in [0.25, 0.3) is 11.0 Å². The minimum absolute atomic E-state index is 0.308. The molecule has 3 aromatic rings. The topological polar surface area (TPSA) is 40.7 Å². The van der Waals surface area contributed by atoms with Gasteiger partial charge in [-0.1, -0.05) is 12.1 Å². The summed E-state index contributed by atoms with van der Waals surface area (Å²) in [5.74, 6) is 0.973. The fourth-order valence-electron chi connectivity index (χ4n) is 2.05. The molecule has 3 nitrogen and oxygen atoms in total. The van der Waals surface area contributed by atoms with Crippen molar-refractivity contribution in [1.29, 1.82) is 0 Å². The highest BCUT2D eigenvalue weighted by atomic mass is 79.9. The number of para-hydroxylation sites is 2. The molecule has 1 aromatic carbocycles. The third kappa shape index (κ3) is 2.73. The van der Waals surface area contributed by atoms with Gasteiger partial charge in [0.05, 0.1) is 17.6 Å². The predicted octanol–water partition coefficient (Wildman–Crippen LogP) is 4.24. The number of thiophene rings is 1. The summed E-state index contributed by atoms with van der Waals surface area (Å²) in [5.41, 5.74) is 2.11. The van der Waals surface area contributed by atoms with Crippen molar-refractivity contribution in [3.8, 4) is 0 Å². The van der Waals surface area contributed by atoms with Crippen LogP contribution in [0.1, 0.15) is 23.7 Å². The van der Waals surface area contributed by atoms with Crippen molar-refractivity contribution in [3.05, 3.63) is 50.9 Å². The number of hydrogen-bond acceptors (Lipinski definition) is 3. The van der Waals surface area contributed by atoms with E-state index in [1.54, 1.807) is 11.3 Å². The van der Waals surface area contributed by atoms with Gasteiger partial charge in [-0.3, -0.25) is 0 Å². The van der Waals surface area contributed by atoms with Crippen LogP contribution in [-0.4, -0.2) is 9.97 Å². The van der Waals surface area contributed by atoms with E-state index in [2.05, 4.69) is 49.6 Å². The van der Waals surface area contributed by atoms with Crippen molar-refractivity contribution < 1.29 is 0 Å². The molecule has 0 amide bonds. The monoisotopic (exact) mass is 335 g/mol. The maximum absolute atomic E-state index is 4.56. The van der Waals surface area contributed by atoms with Gasteiger partial charge in [0.1, 0.15) is 5.82 Å². The summed E-state index contributed by atoms with van der Waals surface area (Å²) < 4.78 is 1.17. The molecular formula is C14H14BrN3S. The molecule has 0 aliphatic heterocycles. The van der Waals surface area contributed by atoms with Crippen molar-refractivity contribution >= 4 is 38.3 Å². The van der Waals surface area contributed by atoms with E-state index in [4.69, 9.17) is 0 Å². The molecule has 0 bridgehead atoms. The van der Waals surface area contributed by atoms with Crippen molar-refractivity contribution in [3.63, 3.8) is 0 Å². The van der Waals surface area contributed by atoms with E-state index in [0.717, 1.165) is 23.4 Å². The van der Waals surface area contributed by atoms with Crippen LogP contribution >= 0.6 is 27.3 Å². The Balaban J connectivity index is 1.70. The van der Waals surface area contributed by atoms with Crippen LogP contribution in [0.4, 0.5) is 0 Å². The molecule has 0 saturated carbocycles. The zero-order valence-corrected chi connectivity index (χ0v) is 12.9. The minimum atomic E-state index is 0.308. The molecule has 0 aliphatic rings. The second kappa shape index (κ2) is 5.45. The largest absolute Gasteiger partial charge is 0.341 e. The molecule has 2 heterocycles. The van der Waals surface area contributed by atoms with Crippen LogP contribution in [0.15, 0.2) is 40.2 Å². The normalized spacial score (nSPS) is 12.9. The molecule has 2 aromatic heterocycles.